The van der Waals surface area contributed by atoms with Gasteiger partial charge in [0.25, 0.3) is 16.1 Å². The van der Waals surface area contributed by atoms with Gasteiger partial charge in [-0.2, -0.15) is 22.1 Å². The smallest absolute Gasteiger partial charge is 0.282 e. The highest BCUT2D eigenvalue weighted by molar-refractivity contribution is 7.86. The first-order valence-corrected chi connectivity index (χ1v) is 13.1. The van der Waals surface area contributed by atoms with E-state index >= 15 is 0 Å². The predicted octanol–water partition coefficient (Wildman–Crippen LogP) is 3.08. The number of carbonyl (C=O) groups excluding carboxylic acids is 1. The largest absolute Gasteiger partial charge is 0.335 e. The minimum Gasteiger partial charge on any atom is -0.335 e. The molecule has 1 aliphatic rings. The van der Waals surface area contributed by atoms with Gasteiger partial charge in [-0.05, 0) is 41.8 Å². The van der Waals surface area contributed by atoms with Gasteiger partial charge in [-0.15, -0.1) is 11.3 Å². The van der Waals surface area contributed by atoms with Gasteiger partial charge in [0.2, 0.25) is 0 Å². The van der Waals surface area contributed by atoms with E-state index in [1.165, 1.54) is 32.1 Å². The lowest BCUT2D eigenvalue weighted by molar-refractivity contribution is 0.0688. The zero-order valence-electron chi connectivity index (χ0n) is 18.5. The van der Waals surface area contributed by atoms with E-state index in [2.05, 4.69) is 5.10 Å². The van der Waals surface area contributed by atoms with Crippen LogP contribution in [0.3, 0.4) is 0 Å². The quantitative estimate of drug-likeness (QED) is 0.509. The van der Waals surface area contributed by atoms with Crippen LogP contribution < -0.4 is 0 Å². The molecular weight excluding hydrogens is 465 g/mol. The van der Waals surface area contributed by atoms with Gasteiger partial charge < -0.3 is 4.90 Å². The third-order valence-electron chi connectivity index (χ3n) is 5.66. The van der Waals surface area contributed by atoms with E-state index < -0.39 is 10.2 Å². The van der Waals surface area contributed by atoms with E-state index in [0.717, 1.165) is 10.6 Å². The molecule has 11 heteroatoms. The van der Waals surface area contributed by atoms with Gasteiger partial charge in [0.05, 0.1) is 16.3 Å². The average Bonchev–Trinajstić information content (AvgIpc) is 3.50. The Morgan fingerprint density at radius 3 is 2.33 bits per heavy atom. The molecule has 3 aromatic rings. The molecule has 8 nitrogen and oxygen atoms in total. The fraction of sp³-hybridized carbons (Fsp3) is 0.364. The number of thiophene rings is 1. The molecule has 0 bridgehead atoms. The number of aromatic nitrogens is 2. The maximum atomic E-state index is 13.4. The van der Waals surface area contributed by atoms with Crippen LogP contribution in [-0.4, -0.2) is 76.9 Å². The van der Waals surface area contributed by atoms with Crippen LogP contribution >= 0.6 is 11.3 Å². The Kier molecular flexibility index (Phi) is 6.94. The molecule has 0 atom stereocenters. The van der Waals surface area contributed by atoms with E-state index in [-0.39, 0.29) is 43.6 Å². The SMILES string of the molecule is CCN(CC)S(=O)(=O)N1CCN(C(=O)c2cc(-c3cccs3)n(-c3ccc(F)cc3)n2)CC1. The number of halogens is 1. The highest BCUT2D eigenvalue weighted by Gasteiger charge is 2.33. The Balaban J connectivity index is 1.56. The molecule has 2 aromatic heterocycles. The second-order valence-electron chi connectivity index (χ2n) is 7.56. The summed E-state index contributed by atoms with van der Waals surface area (Å²) in [5.41, 5.74) is 1.65. The topological polar surface area (TPSA) is 78.8 Å². The maximum Gasteiger partial charge on any atom is 0.282 e. The van der Waals surface area contributed by atoms with Crippen molar-refractivity contribution in [2.24, 2.45) is 0 Å². The highest BCUT2D eigenvalue weighted by atomic mass is 32.2. The molecule has 1 aromatic carbocycles. The van der Waals surface area contributed by atoms with Crippen molar-refractivity contribution in [2.45, 2.75) is 13.8 Å². The van der Waals surface area contributed by atoms with Crippen molar-refractivity contribution in [1.29, 1.82) is 0 Å². The van der Waals surface area contributed by atoms with Crippen LogP contribution in [0.5, 0.6) is 0 Å². The van der Waals surface area contributed by atoms with Gasteiger partial charge in [-0.25, -0.2) is 9.07 Å². The molecule has 176 valence electrons. The van der Waals surface area contributed by atoms with Crippen molar-refractivity contribution >= 4 is 27.5 Å². The van der Waals surface area contributed by atoms with Gasteiger partial charge in [0.15, 0.2) is 5.69 Å². The number of rotatable bonds is 7. The Bertz CT molecular complexity index is 1200. The lowest BCUT2D eigenvalue weighted by Crippen LogP contribution is -2.54. The summed E-state index contributed by atoms with van der Waals surface area (Å²) >= 11 is 1.52. The van der Waals surface area contributed by atoms with Crippen LogP contribution in [0.4, 0.5) is 4.39 Å². The first kappa shape index (κ1) is 23.6. The average molecular weight is 492 g/mol. The minimum absolute atomic E-state index is 0.237. The number of carbonyl (C=O) groups is 1. The van der Waals surface area contributed by atoms with Crippen molar-refractivity contribution < 1.29 is 17.6 Å². The van der Waals surface area contributed by atoms with E-state index in [4.69, 9.17) is 0 Å². The van der Waals surface area contributed by atoms with Crippen LogP contribution in [0.1, 0.15) is 24.3 Å². The van der Waals surface area contributed by atoms with Crippen molar-refractivity contribution in [2.75, 3.05) is 39.3 Å². The lowest BCUT2D eigenvalue weighted by atomic mass is 10.2. The molecule has 1 aliphatic heterocycles. The zero-order chi connectivity index (χ0) is 23.6. The Morgan fingerprint density at radius 2 is 1.76 bits per heavy atom. The minimum atomic E-state index is -3.53. The fourth-order valence-electron chi connectivity index (χ4n) is 3.86. The molecule has 1 fully saturated rings. The summed E-state index contributed by atoms with van der Waals surface area (Å²) in [5.74, 6) is -0.606. The number of benzene rings is 1. The highest BCUT2D eigenvalue weighted by Crippen LogP contribution is 2.28. The Hall–Kier alpha value is -2.60. The summed E-state index contributed by atoms with van der Waals surface area (Å²) in [6.07, 6.45) is 0. The molecule has 0 unspecified atom stereocenters. The van der Waals surface area contributed by atoms with Crippen molar-refractivity contribution in [1.82, 2.24) is 23.3 Å². The summed E-state index contributed by atoms with van der Waals surface area (Å²) in [6, 6.07) is 11.5. The summed E-state index contributed by atoms with van der Waals surface area (Å²) in [4.78, 5) is 15.8. The monoisotopic (exact) mass is 491 g/mol. The molecule has 3 heterocycles. The van der Waals surface area contributed by atoms with Gasteiger partial charge in [0, 0.05) is 39.3 Å². The molecular formula is C22H26FN5O3S2. The van der Waals surface area contributed by atoms with E-state index in [0.29, 0.717) is 18.8 Å². The van der Waals surface area contributed by atoms with Gasteiger partial charge in [-0.1, -0.05) is 19.9 Å². The number of hydrogen-bond donors (Lipinski definition) is 0. The van der Waals surface area contributed by atoms with E-state index in [1.807, 2.05) is 31.4 Å². The van der Waals surface area contributed by atoms with E-state index in [9.17, 15) is 17.6 Å². The fourth-order valence-corrected chi connectivity index (χ4v) is 6.19. The lowest BCUT2D eigenvalue weighted by Gasteiger charge is -2.36. The molecule has 4 rings (SSSR count). The molecule has 0 N–H and O–H groups in total. The number of piperazine rings is 1. The van der Waals surface area contributed by atoms with Crippen molar-refractivity contribution in [3.05, 3.63) is 59.4 Å². The first-order valence-electron chi connectivity index (χ1n) is 10.8. The summed E-state index contributed by atoms with van der Waals surface area (Å²) in [5, 5.41) is 6.47. The molecule has 1 saturated heterocycles. The summed E-state index contributed by atoms with van der Waals surface area (Å²) in [6.45, 7) is 5.48. The summed E-state index contributed by atoms with van der Waals surface area (Å²) in [7, 11) is -3.53. The van der Waals surface area contributed by atoms with Gasteiger partial charge >= 0.3 is 0 Å². The van der Waals surface area contributed by atoms with Crippen molar-refractivity contribution in [3.8, 4) is 16.3 Å². The van der Waals surface area contributed by atoms with Crippen LogP contribution in [0.25, 0.3) is 16.3 Å². The Labute approximate surface area is 197 Å². The number of amides is 1. The molecule has 0 radical (unpaired) electrons. The van der Waals surface area contributed by atoms with Crippen LogP contribution in [0.2, 0.25) is 0 Å². The maximum absolute atomic E-state index is 13.4. The van der Waals surface area contributed by atoms with E-state index in [1.54, 1.807) is 27.8 Å². The second kappa shape index (κ2) is 9.72. The second-order valence-corrected chi connectivity index (χ2v) is 10.4. The van der Waals surface area contributed by atoms with Gasteiger partial charge in [-0.3, -0.25) is 4.79 Å². The predicted molar refractivity (Wildman–Crippen MR) is 126 cm³/mol. The zero-order valence-corrected chi connectivity index (χ0v) is 20.1. The third-order valence-corrected chi connectivity index (χ3v) is 8.74. The normalized spacial score (nSPS) is 15.3. The molecule has 0 saturated carbocycles. The number of nitrogens with zero attached hydrogens (tertiary/aromatic N) is 5. The van der Waals surface area contributed by atoms with Crippen molar-refractivity contribution in [3.63, 3.8) is 0 Å². The van der Waals surface area contributed by atoms with Crippen LogP contribution in [0, 0.1) is 5.82 Å². The van der Waals surface area contributed by atoms with Crippen LogP contribution in [0.15, 0.2) is 47.8 Å². The summed E-state index contributed by atoms with van der Waals surface area (Å²) < 4.78 is 43.4. The van der Waals surface area contributed by atoms with Gasteiger partial charge in [0.1, 0.15) is 5.82 Å². The third kappa shape index (κ3) is 4.72. The number of hydrogen-bond acceptors (Lipinski definition) is 5. The molecule has 0 spiro atoms. The molecule has 1 amide bonds. The Morgan fingerprint density at radius 1 is 1.09 bits per heavy atom. The molecule has 33 heavy (non-hydrogen) atoms. The van der Waals surface area contributed by atoms with Crippen LogP contribution in [-0.2, 0) is 10.2 Å². The first-order chi connectivity index (χ1) is 15.8. The molecule has 0 aliphatic carbocycles. The standard InChI is InChI=1S/C22H26FN5O3S2/c1-3-26(4-2)33(30,31)27-13-11-25(12-14-27)22(29)19-16-20(21-6-5-15-32-21)28(24-19)18-9-7-17(23)8-10-18/h5-10,15-16H,3-4,11-14H2,1-2H3.